The molecular formula is C3H4N2OS. The fourth-order valence-electron chi connectivity index (χ4n) is 0.294. The highest BCUT2D eigenvalue weighted by Gasteiger charge is 2.04. The van der Waals surface area contributed by atoms with Crippen molar-refractivity contribution in [1.29, 1.82) is 0 Å². The Balaban J connectivity index is 2.35. The van der Waals surface area contributed by atoms with Gasteiger partial charge in [-0.05, 0) is 0 Å². The zero-order valence-electron chi connectivity index (χ0n) is 3.50. The van der Waals surface area contributed by atoms with Crippen molar-refractivity contribution in [1.82, 2.24) is 5.32 Å². The van der Waals surface area contributed by atoms with Gasteiger partial charge in [0.1, 0.15) is 6.34 Å². The van der Waals surface area contributed by atoms with Crippen molar-refractivity contribution in [2.75, 3.05) is 0 Å². The van der Waals surface area contributed by atoms with E-state index in [1.807, 2.05) is 0 Å². The number of rotatable bonds is 1. The molecule has 0 radical (unpaired) electrons. The second-order valence-electron chi connectivity index (χ2n) is 1.06. The van der Waals surface area contributed by atoms with E-state index in [9.17, 15) is 0 Å². The van der Waals surface area contributed by atoms with Crippen molar-refractivity contribution < 1.29 is 4.84 Å². The van der Waals surface area contributed by atoms with Crippen LogP contribution < -0.4 is 5.32 Å². The van der Waals surface area contributed by atoms with Gasteiger partial charge in [0, 0.05) is 5.37 Å². The Labute approximate surface area is 46.3 Å². The van der Waals surface area contributed by atoms with E-state index in [1.165, 1.54) is 11.7 Å². The van der Waals surface area contributed by atoms with Crippen LogP contribution in [0.4, 0.5) is 0 Å². The van der Waals surface area contributed by atoms with Gasteiger partial charge in [-0.25, -0.2) is 0 Å². The summed E-state index contributed by atoms with van der Waals surface area (Å²) < 4.78 is 0. The van der Waals surface area contributed by atoms with E-state index in [2.05, 4.69) is 27.5 Å². The molecule has 0 aromatic rings. The van der Waals surface area contributed by atoms with E-state index in [4.69, 9.17) is 0 Å². The minimum atomic E-state index is -0.185. The third kappa shape index (κ3) is 0.866. The molecule has 1 unspecified atom stereocenters. The molecule has 0 bridgehead atoms. The third-order valence-electron chi connectivity index (χ3n) is 0.590. The Kier molecular flexibility index (Phi) is 1.21. The molecule has 0 fully saturated rings. The molecule has 1 aliphatic heterocycles. The third-order valence-corrected chi connectivity index (χ3v) is 0.837. The predicted octanol–water partition coefficient (Wildman–Crippen LogP) is -0.125. The molecule has 7 heavy (non-hydrogen) atoms. The van der Waals surface area contributed by atoms with Crippen molar-refractivity contribution in [3.63, 3.8) is 0 Å². The number of nitrogens with one attached hydrogen (secondary N) is 1. The van der Waals surface area contributed by atoms with Crippen LogP contribution >= 0.6 is 12.2 Å². The van der Waals surface area contributed by atoms with Crippen LogP contribution in [0.25, 0.3) is 0 Å². The summed E-state index contributed by atoms with van der Waals surface area (Å²) in [6.07, 6.45) is 1.28. The van der Waals surface area contributed by atoms with Gasteiger partial charge in [0.25, 0.3) is 0 Å². The first-order valence-electron chi connectivity index (χ1n) is 1.82. The second kappa shape index (κ2) is 1.88. The fraction of sp³-hybridized carbons (Fsp3) is 0.333. The van der Waals surface area contributed by atoms with Crippen LogP contribution in [0, 0.1) is 0 Å². The maximum Gasteiger partial charge on any atom is 0.227 e. The molecule has 0 aromatic heterocycles. The van der Waals surface area contributed by atoms with Gasteiger partial charge in [0.15, 0.2) is 0 Å². The Hall–Kier alpha value is -0.640. The maximum atomic E-state index is 4.60. The number of hydrogen-bond donors (Lipinski definition) is 1. The lowest BCUT2D eigenvalue weighted by atomic mass is 10.7. The minimum absolute atomic E-state index is 0.185. The van der Waals surface area contributed by atoms with Crippen LogP contribution in [-0.2, 0) is 4.84 Å². The van der Waals surface area contributed by atoms with Crippen LogP contribution in [0.1, 0.15) is 0 Å². The summed E-state index contributed by atoms with van der Waals surface area (Å²) in [4.78, 5) is 4.60. The lowest BCUT2D eigenvalue weighted by Gasteiger charge is -1.96. The average Bonchev–Trinajstić information content (AvgIpc) is 2.14. The van der Waals surface area contributed by atoms with Crippen molar-refractivity contribution in [3.8, 4) is 0 Å². The zero-order valence-corrected chi connectivity index (χ0v) is 4.31. The van der Waals surface area contributed by atoms with Crippen molar-refractivity contribution in [2.24, 2.45) is 5.16 Å². The Morgan fingerprint density at radius 1 is 2.00 bits per heavy atom. The van der Waals surface area contributed by atoms with Crippen LogP contribution in [0.3, 0.4) is 0 Å². The first-order chi connectivity index (χ1) is 3.43. The van der Waals surface area contributed by atoms with Gasteiger partial charge in [-0.15, -0.1) is 0 Å². The molecule has 1 N–H and O–H groups in total. The molecule has 0 saturated heterocycles. The summed E-state index contributed by atoms with van der Waals surface area (Å²) in [6.45, 7) is 0. The second-order valence-corrected chi connectivity index (χ2v) is 1.34. The average molecular weight is 116 g/mol. The van der Waals surface area contributed by atoms with E-state index in [-0.39, 0.29) is 6.23 Å². The summed E-state index contributed by atoms with van der Waals surface area (Å²) in [7, 11) is 0. The predicted molar refractivity (Wildman–Crippen MR) is 30.2 cm³/mol. The van der Waals surface area contributed by atoms with Gasteiger partial charge >= 0.3 is 0 Å². The van der Waals surface area contributed by atoms with E-state index in [0.717, 1.165) is 0 Å². The molecular weight excluding hydrogens is 112 g/mol. The molecule has 38 valence electrons. The van der Waals surface area contributed by atoms with E-state index < -0.39 is 0 Å². The molecule has 3 nitrogen and oxygen atoms in total. The maximum absolute atomic E-state index is 4.60. The number of thiocarbonyl (C=S) groups is 1. The first-order valence-corrected chi connectivity index (χ1v) is 2.29. The molecule has 1 rings (SSSR count). The van der Waals surface area contributed by atoms with Crippen LogP contribution in [0.5, 0.6) is 0 Å². The number of hydrogen-bond acceptors (Lipinski definition) is 4. The summed E-state index contributed by atoms with van der Waals surface area (Å²) in [5.74, 6) is 0. The van der Waals surface area contributed by atoms with Crippen molar-refractivity contribution in [3.05, 3.63) is 0 Å². The molecule has 1 atom stereocenters. The van der Waals surface area contributed by atoms with Gasteiger partial charge < -0.3 is 10.2 Å². The van der Waals surface area contributed by atoms with Gasteiger partial charge in [-0.2, -0.15) is 0 Å². The number of oxime groups is 1. The van der Waals surface area contributed by atoms with Gasteiger partial charge in [-0.3, -0.25) is 0 Å². The Morgan fingerprint density at radius 3 is 3.14 bits per heavy atom. The van der Waals surface area contributed by atoms with Gasteiger partial charge in [0.05, 0.1) is 0 Å². The summed E-state index contributed by atoms with van der Waals surface area (Å²) in [5, 5.41) is 7.60. The highest BCUT2D eigenvalue weighted by atomic mass is 32.1. The quantitative estimate of drug-likeness (QED) is 0.485. The van der Waals surface area contributed by atoms with Crippen molar-refractivity contribution in [2.45, 2.75) is 6.23 Å². The van der Waals surface area contributed by atoms with E-state index in [1.54, 1.807) is 0 Å². The highest BCUT2D eigenvalue weighted by Crippen LogP contribution is 1.87. The first kappa shape index (κ1) is 4.52. The SMILES string of the molecule is S=CC1NC=NO1. The standard InChI is InChI=1S/C3H4N2OS/c7-1-3-4-2-5-6-3/h1-3H,(H,4,5). The number of nitrogens with zero attached hydrogens (tertiary/aromatic N) is 1. The minimum Gasteiger partial charge on any atom is -0.364 e. The topological polar surface area (TPSA) is 33.6 Å². The highest BCUT2D eigenvalue weighted by molar-refractivity contribution is 7.79. The molecule has 0 saturated carbocycles. The summed E-state index contributed by atoms with van der Waals surface area (Å²) in [5.41, 5.74) is 0. The molecule has 1 aliphatic rings. The Bertz CT molecular complexity index is 95.1. The molecule has 0 amide bonds. The largest absolute Gasteiger partial charge is 0.364 e. The normalized spacial score (nSPS) is 26.0. The van der Waals surface area contributed by atoms with Gasteiger partial charge in [-0.1, -0.05) is 17.4 Å². The monoisotopic (exact) mass is 116 g/mol. The lowest BCUT2D eigenvalue weighted by molar-refractivity contribution is 0.127. The Morgan fingerprint density at radius 2 is 2.86 bits per heavy atom. The molecule has 4 heteroatoms. The van der Waals surface area contributed by atoms with Crippen LogP contribution in [0.2, 0.25) is 0 Å². The zero-order chi connectivity index (χ0) is 5.11. The molecule has 0 aliphatic carbocycles. The lowest BCUT2D eigenvalue weighted by Crippen LogP contribution is -2.23. The molecule has 0 spiro atoms. The van der Waals surface area contributed by atoms with Crippen LogP contribution in [-0.4, -0.2) is 17.9 Å². The van der Waals surface area contributed by atoms with E-state index in [0.29, 0.717) is 0 Å². The molecule has 1 heterocycles. The van der Waals surface area contributed by atoms with E-state index >= 15 is 0 Å². The smallest absolute Gasteiger partial charge is 0.227 e. The summed E-state index contributed by atoms with van der Waals surface area (Å²) in [6, 6.07) is 0. The summed E-state index contributed by atoms with van der Waals surface area (Å²) >= 11 is 4.52. The van der Waals surface area contributed by atoms with Crippen LogP contribution in [0.15, 0.2) is 5.16 Å². The van der Waals surface area contributed by atoms with Gasteiger partial charge in [0.2, 0.25) is 6.23 Å². The fourth-order valence-corrected chi connectivity index (χ4v) is 0.423. The molecule has 0 aromatic carbocycles. The van der Waals surface area contributed by atoms with Crippen molar-refractivity contribution >= 4 is 23.9 Å².